The SMILES string of the molecule is CCOC(=O)c1cc2nnn(-c3ccc(OC)cc3)c2nc1NCC1CCN(C)CC1. The van der Waals surface area contributed by atoms with Gasteiger partial charge < -0.3 is 19.7 Å². The van der Waals surface area contributed by atoms with Crippen LogP contribution in [-0.4, -0.2) is 71.2 Å². The second kappa shape index (κ2) is 9.30. The van der Waals surface area contributed by atoms with Gasteiger partial charge in [0.25, 0.3) is 0 Å². The largest absolute Gasteiger partial charge is 0.497 e. The number of carbonyl (C=O) groups is 1. The molecule has 3 aromatic rings. The minimum atomic E-state index is -0.415. The highest BCUT2D eigenvalue weighted by Gasteiger charge is 2.21. The number of anilines is 1. The van der Waals surface area contributed by atoms with E-state index in [1.807, 2.05) is 24.3 Å². The summed E-state index contributed by atoms with van der Waals surface area (Å²) in [6.45, 7) is 5.00. The average molecular weight is 425 g/mol. The number of ether oxygens (including phenoxy) is 2. The van der Waals surface area contributed by atoms with Crippen LogP contribution in [0.25, 0.3) is 16.9 Å². The van der Waals surface area contributed by atoms with E-state index in [-0.39, 0.29) is 0 Å². The Balaban J connectivity index is 1.66. The van der Waals surface area contributed by atoms with Crippen molar-refractivity contribution in [3.05, 3.63) is 35.9 Å². The fraction of sp³-hybridized carbons (Fsp3) is 0.455. The average Bonchev–Trinajstić information content (AvgIpc) is 3.21. The molecule has 0 saturated carbocycles. The fourth-order valence-corrected chi connectivity index (χ4v) is 3.76. The van der Waals surface area contributed by atoms with Gasteiger partial charge in [-0.15, -0.1) is 5.10 Å². The van der Waals surface area contributed by atoms with Crippen LogP contribution in [0.5, 0.6) is 5.75 Å². The number of nitrogens with one attached hydrogen (secondary N) is 1. The molecule has 2 aromatic heterocycles. The summed E-state index contributed by atoms with van der Waals surface area (Å²) >= 11 is 0. The summed E-state index contributed by atoms with van der Waals surface area (Å²) < 4.78 is 12.1. The first-order chi connectivity index (χ1) is 15.1. The Morgan fingerprint density at radius 1 is 1.23 bits per heavy atom. The van der Waals surface area contributed by atoms with Gasteiger partial charge in [0.1, 0.15) is 22.6 Å². The smallest absolute Gasteiger partial charge is 0.341 e. The number of carbonyl (C=O) groups excluding carboxylic acids is 1. The third kappa shape index (κ3) is 4.61. The summed E-state index contributed by atoms with van der Waals surface area (Å²) in [5, 5.41) is 11.9. The summed E-state index contributed by atoms with van der Waals surface area (Å²) in [5.41, 5.74) is 2.29. The maximum absolute atomic E-state index is 12.6. The van der Waals surface area contributed by atoms with E-state index in [9.17, 15) is 4.79 Å². The van der Waals surface area contributed by atoms with Crippen LogP contribution in [0, 0.1) is 5.92 Å². The van der Waals surface area contributed by atoms with Crippen LogP contribution in [-0.2, 0) is 4.74 Å². The van der Waals surface area contributed by atoms with Crippen molar-refractivity contribution in [2.24, 2.45) is 5.92 Å². The van der Waals surface area contributed by atoms with Gasteiger partial charge in [0.05, 0.1) is 19.4 Å². The zero-order chi connectivity index (χ0) is 21.8. The summed E-state index contributed by atoms with van der Waals surface area (Å²) in [6.07, 6.45) is 2.23. The normalized spacial score (nSPS) is 15.2. The molecule has 0 aliphatic carbocycles. The number of hydrogen-bond donors (Lipinski definition) is 1. The van der Waals surface area contributed by atoms with Gasteiger partial charge in [0, 0.05) is 6.54 Å². The van der Waals surface area contributed by atoms with Crippen LogP contribution in [0.2, 0.25) is 0 Å². The highest BCUT2D eigenvalue weighted by atomic mass is 16.5. The molecule has 9 heteroatoms. The Bertz CT molecular complexity index is 1040. The molecule has 1 aliphatic heterocycles. The molecule has 0 amide bonds. The van der Waals surface area contributed by atoms with Crippen LogP contribution < -0.4 is 10.1 Å². The number of piperidine rings is 1. The molecule has 4 rings (SSSR count). The van der Waals surface area contributed by atoms with Gasteiger partial charge in [0.15, 0.2) is 5.65 Å². The van der Waals surface area contributed by atoms with Crippen molar-refractivity contribution in [2.45, 2.75) is 19.8 Å². The standard InChI is InChI=1S/C22H28N6O3/c1-4-31-22(29)18-13-19-21(24-20(18)23-14-15-9-11-27(2)12-10-15)28(26-25-19)16-5-7-17(30-3)8-6-16/h5-8,13,15H,4,9-12,14H2,1-3H3,(H,23,24). The maximum atomic E-state index is 12.6. The van der Waals surface area contributed by atoms with Gasteiger partial charge in [-0.25, -0.2) is 9.78 Å². The van der Waals surface area contributed by atoms with E-state index >= 15 is 0 Å². The lowest BCUT2D eigenvalue weighted by atomic mass is 9.97. The van der Waals surface area contributed by atoms with E-state index in [0.29, 0.717) is 35.1 Å². The number of hydrogen-bond acceptors (Lipinski definition) is 8. The second-order valence-corrected chi connectivity index (χ2v) is 7.77. The number of rotatable bonds is 7. The lowest BCUT2D eigenvalue weighted by Gasteiger charge is -2.29. The lowest BCUT2D eigenvalue weighted by molar-refractivity contribution is 0.0527. The molecule has 164 valence electrons. The minimum absolute atomic E-state index is 0.295. The molecule has 9 nitrogen and oxygen atoms in total. The number of benzene rings is 1. The molecule has 0 radical (unpaired) electrons. The van der Waals surface area contributed by atoms with Crippen LogP contribution >= 0.6 is 0 Å². The molecule has 1 fully saturated rings. The van der Waals surface area contributed by atoms with Gasteiger partial charge in [-0.3, -0.25) is 0 Å². The molecule has 0 atom stereocenters. The van der Waals surface area contributed by atoms with Crippen molar-refractivity contribution in [2.75, 3.05) is 45.7 Å². The Morgan fingerprint density at radius 2 is 1.97 bits per heavy atom. The van der Waals surface area contributed by atoms with Crippen LogP contribution in [0.1, 0.15) is 30.1 Å². The van der Waals surface area contributed by atoms with E-state index in [2.05, 4.69) is 27.6 Å². The van der Waals surface area contributed by atoms with Crippen LogP contribution in [0.4, 0.5) is 5.82 Å². The molecule has 1 N–H and O–H groups in total. The van der Waals surface area contributed by atoms with Crippen LogP contribution in [0.15, 0.2) is 30.3 Å². The van der Waals surface area contributed by atoms with Crippen molar-refractivity contribution < 1.29 is 14.3 Å². The number of likely N-dealkylation sites (tertiary alicyclic amines) is 1. The quantitative estimate of drug-likeness (QED) is 0.579. The van der Waals surface area contributed by atoms with Gasteiger partial charge >= 0.3 is 5.97 Å². The summed E-state index contributed by atoms with van der Waals surface area (Å²) in [7, 11) is 3.77. The van der Waals surface area contributed by atoms with Crippen molar-refractivity contribution in [3.63, 3.8) is 0 Å². The second-order valence-electron chi connectivity index (χ2n) is 7.77. The van der Waals surface area contributed by atoms with E-state index in [4.69, 9.17) is 14.5 Å². The zero-order valence-electron chi connectivity index (χ0n) is 18.2. The molecule has 0 spiro atoms. The van der Waals surface area contributed by atoms with E-state index in [0.717, 1.165) is 43.9 Å². The molecule has 1 aromatic carbocycles. The lowest BCUT2D eigenvalue weighted by Crippen LogP contribution is -2.33. The molecule has 0 unspecified atom stereocenters. The van der Waals surface area contributed by atoms with Crippen molar-refractivity contribution >= 4 is 23.0 Å². The van der Waals surface area contributed by atoms with Crippen molar-refractivity contribution in [3.8, 4) is 11.4 Å². The molecule has 1 saturated heterocycles. The minimum Gasteiger partial charge on any atom is -0.497 e. The Morgan fingerprint density at radius 3 is 2.65 bits per heavy atom. The zero-order valence-corrected chi connectivity index (χ0v) is 18.2. The summed E-state index contributed by atoms with van der Waals surface area (Å²) in [6, 6.07) is 9.19. The maximum Gasteiger partial charge on any atom is 0.341 e. The Hall–Kier alpha value is -3.20. The number of aromatic nitrogens is 4. The number of fused-ring (bicyclic) bond motifs is 1. The molecular weight excluding hydrogens is 396 g/mol. The topological polar surface area (TPSA) is 94.4 Å². The third-order valence-electron chi connectivity index (χ3n) is 5.63. The van der Waals surface area contributed by atoms with Gasteiger partial charge in [0.2, 0.25) is 0 Å². The Kier molecular flexibility index (Phi) is 6.31. The monoisotopic (exact) mass is 424 g/mol. The van der Waals surface area contributed by atoms with Gasteiger partial charge in [-0.05, 0) is 76.2 Å². The first-order valence-electron chi connectivity index (χ1n) is 10.6. The van der Waals surface area contributed by atoms with Crippen molar-refractivity contribution in [1.29, 1.82) is 0 Å². The third-order valence-corrected chi connectivity index (χ3v) is 5.63. The molecule has 3 heterocycles. The fourth-order valence-electron chi connectivity index (χ4n) is 3.76. The predicted octanol–water partition coefficient (Wildman–Crippen LogP) is 2.75. The first kappa shape index (κ1) is 21.0. The Labute approximate surface area is 181 Å². The number of esters is 1. The highest BCUT2D eigenvalue weighted by Crippen LogP contribution is 2.24. The first-order valence-corrected chi connectivity index (χ1v) is 10.6. The predicted molar refractivity (Wildman–Crippen MR) is 118 cm³/mol. The number of methoxy groups -OCH3 is 1. The van der Waals surface area contributed by atoms with E-state index in [1.165, 1.54) is 0 Å². The molecular formula is C22H28N6O3. The van der Waals surface area contributed by atoms with Gasteiger partial charge in [-0.1, -0.05) is 5.21 Å². The molecule has 0 bridgehead atoms. The van der Waals surface area contributed by atoms with Crippen LogP contribution in [0.3, 0.4) is 0 Å². The summed E-state index contributed by atoms with van der Waals surface area (Å²) in [4.78, 5) is 19.7. The van der Waals surface area contributed by atoms with E-state index in [1.54, 1.807) is 24.8 Å². The summed E-state index contributed by atoms with van der Waals surface area (Å²) in [5.74, 6) is 1.38. The molecule has 1 aliphatic rings. The van der Waals surface area contributed by atoms with Gasteiger partial charge in [-0.2, -0.15) is 4.68 Å². The highest BCUT2D eigenvalue weighted by molar-refractivity contribution is 5.98. The van der Waals surface area contributed by atoms with Crippen molar-refractivity contribution in [1.82, 2.24) is 24.9 Å². The van der Waals surface area contributed by atoms with E-state index < -0.39 is 5.97 Å². The number of nitrogens with zero attached hydrogens (tertiary/aromatic N) is 5. The number of pyridine rings is 1. The molecule has 31 heavy (non-hydrogen) atoms.